The number of benzene rings is 2. The van der Waals surface area contributed by atoms with Gasteiger partial charge in [0.05, 0.1) is 25.3 Å². The lowest BCUT2D eigenvalue weighted by Crippen LogP contribution is -2.04. The molecule has 0 saturated carbocycles. The predicted octanol–water partition coefficient (Wildman–Crippen LogP) is 3.27. The van der Waals surface area contributed by atoms with Crippen LogP contribution in [0, 0.1) is 6.92 Å². The van der Waals surface area contributed by atoms with Gasteiger partial charge < -0.3 is 9.47 Å². The summed E-state index contributed by atoms with van der Waals surface area (Å²) in [5.74, 6) is 0.104. The third-order valence-corrected chi connectivity index (χ3v) is 3.33. The maximum atomic E-state index is 11.8. The van der Waals surface area contributed by atoms with E-state index >= 15 is 0 Å². The normalized spacial score (nSPS) is 10.0. The van der Waals surface area contributed by atoms with E-state index < -0.39 is 0 Å². The number of esters is 1. The predicted molar refractivity (Wildman–Crippen MR) is 79.9 cm³/mol. The van der Waals surface area contributed by atoms with Crippen molar-refractivity contribution in [3.63, 3.8) is 0 Å². The molecule has 21 heavy (non-hydrogen) atoms. The number of para-hydroxylation sites is 1. The van der Waals surface area contributed by atoms with E-state index in [4.69, 9.17) is 9.47 Å². The molecule has 2 rings (SSSR count). The standard InChI is InChI=1S/C17H16O4/c1-11-7-8-12(9-15(11)17(19)21-3)14-6-4-5-13(10-18)16(14)20-2/h4-10H,1-3H3. The van der Waals surface area contributed by atoms with Gasteiger partial charge in [-0.25, -0.2) is 4.79 Å². The summed E-state index contributed by atoms with van der Waals surface area (Å²) in [7, 11) is 2.86. The van der Waals surface area contributed by atoms with E-state index in [0.29, 0.717) is 16.9 Å². The van der Waals surface area contributed by atoms with E-state index in [1.54, 1.807) is 18.2 Å². The summed E-state index contributed by atoms with van der Waals surface area (Å²) in [6.07, 6.45) is 0.748. The van der Waals surface area contributed by atoms with Crippen molar-refractivity contribution < 1.29 is 19.1 Å². The fourth-order valence-corrected chi connectivity index (χ4v) is 2.22. The van der Waals surface area contributed by atoms with Crippen molar-refractivity contribution in [3.8, 4) is 16.9 Å². The summed E-state index contributed by atoms with van der Waals surface area (Å²) in [5.41, 5.74) is 3.34. The number of hydrogen-bond donors (Lipinski definition) is 0. The number of carbonyl (C=O) groups excluding carboxylic acids is 2. The SMILES string of the molecule is COC(=O)c1cc(-c2cccc(C=O)c2OC)ccc1C. The summed E-state index contributed by atoms with van der Waals surface area (Å²) in [6, 6.07) is 10.8. The molecule has 0 amide bonds. The average Bonchev–Trinajstić information content (AvgIpc) is 2.53. The second-order valence-electron chi connectivity index (χ2n) is 4.57. The summed E-state index contributed by atoms with van der Waals surface area (Å²) in [4.78, 5) is 22.9. The van der Waals surface area contributed by atoms with Gasteiger partial charge in [0.25, 0.3) is 0 Å². The minimum absolute atomic E-state index is 0.389. The van der Waals surface area contributed by atoms with E-state index in [0.717, 1.165) is 23.0 Å². The van der Waals surface area contributed by atoms with Crippen LogP contribution >= 0.6 is 0 Å². The highest BCUT2D eigenvalue weighted by Crippen LogP contribution is 2.33. The van der Waals surface area contributed by atoms with Crippen LogP contribution in [0.15, 0.2) is 36.4 Å². The molecule has 0 radical (unpaired) electrons. The van der Waals surface area contributed by atoms with Gasteiger partial charge in [0.15, 0.2) is 6.29 Å². The molecule has 0 unspecified atom stereocenters. The number of aldehydes is 1. The van der Waals surface area contributed by atoms with Crippen molar-refractivity contribution in [3.05, 3.63) is 53.1 Å². The first-order valence-corrected chi connectivity index (χ1v) is 6.44. The largest absolute Gasteiger partial charge is 0.495 e. The van der Waals surface area contributed by atoms with Gasteiger partial charge in [-0.2, -0.15) is 0 Å². The Morgan fingerprint density at radius 3 is 2.52 bits per heavy atom. The van der Waals surface area contributed by atoms with Crippen molar-refractivity contribution in [2.24, 2.45) is 0 Å². The molecule has 0 aliphatic carbocycles. The fourth-order valence-electron chi connectivity index (χ4n) is 2.22. The molecule has 2 aromatic rings. The molecule has 0 atom stereocenters. The molecule has 0 spiro atoms. The molecule has 0 bridgehead atoms. The average molecular weight is 284 g/mol. The van der Waals surface area contributed by atoms with Crippen LogP contribution in [-0.4, -0.2) is 26.5 Å². The highest BCUT2D eigenvalue weighted by molar-refractivity contribution is 5.93. The zero-order valence-corrected chi connectivity index (χ0v) is 12.2. The van der Waals surface area contributed by atoms with Crippen molar-refractivity contribution in [1.82, 2.24) is 0 Å². The molecule has 0 fully saturated rings. The van der Waals surface area contributed by atoms with Gasteiger partial charge in [-0.1, -0.05) is 24.3 Å². The summed E-state index contributed by atoms with van der Waals surface area (Å²) in [5, 5.41) is 0. The molecule has 0 aliphatic heterocycles. The fraction of sp³-hybridized carbons (Fsp3) is 0.176. The van der Waals surface area contributed by atoms with E-state index in [-0.39, 0.29) is 5.97 Å². The molecule has 0 saturated heterocycles. The minimum atomic E-state index is -0.389. The summed E-state index contributed by atoms with van der Waals surface area (Å²) in [6.45, 7) is 1.84. The molecular formula is C17H16O4. The van der Waals surface area contributed by atoms with Crippen LogP contribution in [0.3, 0.4) is 0 Å². The lowest BCUT2D eigenvalue weighted by atomic mass is 9.97. The van der Waals surface area contributed by atoms with Crippen LogP contribution < -0.4 is 4.74 Å². The zero-order valence-electron chi connectivity index (χ0n) is 12.2. The first-order chi connectivity index (χ1) is 10.1. The minimum Gasteiger partial charge on any atom is -0.495 e. The smallest absolute Gasteiger partial charge is 0.338 e. The lowest BCUT2D eigenvalue weighted by molar-refractivity contribution is 0.0600. The second-order valence-corrected chi connectivity index (χ2v) is 4.57. The third-order valence-electron chi connectivity index (χ3n) is 3.33. The van der Waals surface area contributed by atoms with Crippen LogP contribution in [-0.2, 0) is 4.74 Å². The molecule has 0 N–H and O–H groups in total. The van der Waals surface area contributed by atoms with Crippen LogP contribution in [0.4, 0.5) is 0 Å². The Morgan fingerprint density at radius 1 is 1.14 bits per heavy atom. The Bertz CT molecular complexity index is 689. The molecule has 0 heterocycles. The summed E-state index contributed by atoms with van der Waals surface area (Å²) < 4.78 is 10.1. The number of rotatable bonds is 4. The molecule has 2 aromatic carbocycles. The van der Waals surface area contributed by atoms with E-state index in [1.165, 1.54) is 14.2 Å². The maximum absolute atomic E-state index is 11.8. The quantitative estimate of drug-likeness (QED) is 0.638. The van der Waals surface area contributed by atoms with Crippen molar-refractivity contribution in [2.75, 3.05) is 14.2 Å². The molecule has 4 heteroatoms. The lowest BCUT2D eigenvalue weighted by Gasteiger charge is -2.12. The van der Waals surface area contributed by atoms with E-state index in [9.17, 15) is 9.59 Å². The van der Waals surface area contributed by atoms with Gasteiger partial charge in [0.1, 0.15) is 5.75 Å². The highest BCUT2D eigenvalue weighted by atomic mass is 16.5. The monoisotopic (exact) mass is 284 g/mol. The Kier molecular flexibility index (Phi) is 4.38. The Hall–Kier alpha value is -2.62. The number of ether oxygens (including phenoxy) is 2. The van der Waals surface area contributed by atoms with Gasteiger partial charge in [-0.15, -0.1) is 0 Å². The number of hydrogen-bond acceptors (Lipinski definition) is 4. The van der Waals surface area contributed by atoms with Crippen LogP contribution in [0.1, 0.15) is 26.3 Å². The van der Waals surface area contributed by atoms with Gasteiger partial charge in [-0.05, 0) is 30.2 Å². The van der Waals surface area contributed by atoms with Crippen LogP contribution in [0.25, 0.3) is 11.1 Å². The molecule has 0 aromatic heterocycles. The Balaban J connectivity index is 2.62. The third kappa shape index (κ3) is 2.79. The first kappa shape index (κ1) is 14.8. The van der Waals surface area contributed by atoms with Gasteiger partial charge in [-0.3, -0.25) is 4.79 Å². The Labute approximate surface area is 123 Å². The van der Waals surface area contributed by atoms with Gasteiger partial charge >= 0.3 is 5.97 Å². The number of methoxy groups -OCH3 is 2. The zero-order chi connectivity index (χ0) is 15.4. The van der Waals surface area contributed by atoms with Crippen molar-refractivity contribution in [1.29, 1.82) is 0 Å². The second kappa shape index (κ2) is 6.22. The van der Waals surface area contributed by atoms with E-state index in [1.807, 2.05) is 25.1 Å². The van der Waals surface area contributed by atoms with Crippen molar-refractivity contribution >= 4 is 12.3 Å². The van der Waals surface area contributed by atoms with E-state index in [2.05, 4.69) is 0 Å². The molecular weight excluding hydrogens is 268 g/mol. The molecule has 4 nitrogen and oxygen atoms in total. The summed E-state index contributed by atoms with van der Waals surface area (Å²) >= 11 is 0. The van der Waals surface area contributed by atoms with Gasteiger partial charge in [0, 0.05) is 5.56 Å². The topological polar surface area (TPSA) is 52.6 Å². The molecule has 0 aliphatic rings. The maximum Gasteiger partial charge on any atom is 0.338 e. The highest BCUT2D eigenvalue weighted by Gasteiger charge is 2.14. The van der Waals surface area contributed by atoms with Crippen LogP contribution in [0.5, 0.6) is 5.75 Å². The van der Waals surface area contributed by atoms with Gasteiger partial charge in [0.2, 0.25) is 0 Å². The Morgan fingerprint density at radius 2 is 1.90 bits per heavy atom. The first-order valence-electron chi connectivity index (χ1n) is 6.44. The number of aryl methyl sites for hydroxylation is 1. The number of carbonyl (C=O) groups is 2. The molecule has 108 valence electrons. The van der Waals surface area contributed by atoms with Crippen molar-refractivity contribution in [2.45, 2.75) is 6.92 Å². The van der Waals surface area contributed by atoms with Crippen LogP contribution in [0.2, 0.25) is 0 Å².